The highest BCUT2D eigenvalue weighted by Gasteiger charge is 2.47. The van der Waals surface area contributed by atoms with Crippen molar-refractivity contribution in [3.05, 3.63) is 65.2 Å². The summed E-state index contributed by atoms with van der Waals surface area (Å²) in [6, 6.07) is 14.4. The van der Waals surface area contributed by atoms with E-state index in [9.17, 15) is 19.2 Å². The van der Waals surface area contributed by atoms with E-state index >= 15 is 0 Å². The number of hydrogen-bond donors (Lipinski definition) is 1. The smallest absolute Gasteiger partial charge is 0.307 e. The summed E-state index contributed by atoms with van der Waals surface area (Å²) in [5, 5.41) is 2.67. The van der Waals surface area contributed by atoms with Crippen molar-refractivity contribution >= 4 is 29.4 Å². The zero-order valence-corrected chi connectivity index (χ0v) is 17.2. The lowest BCUT2D eigenvalue weighted by molar-refractivity contribution is -0.140. The molecule has 2 aliphatic rings. The third kappa shape index (κ3) is 3.76. The number of amides is 3. The Morgan fingerprint density at radius 2 is 1.68 bits per heavy atom. The number of hydrogen-bond acceptors (Lipinski definition) is 5. The van der Waals surface area contributed by atoms with E-state index in [1.165, 1.54) is 7.11 Å². The quantitative estimate of drug-likeness (QED) is 0.692. The van der Waals surface area contributed by atoms with Gasteiger partial charge in [-0.1, -0.05) is 30.3 Å². The first-order valence-electron chi connectivity index (χ1n) is 10.2. The lowest BCUT2D eigenvalue weighted by Crippen LogP contribution is -2.48. The van der Waals surface area contributed by atoms with Gasteiger partial charge in [0.25, 0.3) is 11.8 Å². The van der Waals surface area contributed by atoms with Gasteiger partial charge in [0.2, 0.25) is 5.91 Å². The summed E-state index contributed by atoms with van der Waals surface area (Å²) in [6.45, 7) is 0.528. The summed E-state index contributed by atoms with van der Waals surface area (Å²) in [5.41, 5.74) is 2.46. The van der Waals surface area contributed by atoms with E-state index in [0.29, 0.717) is 29.8 Å². The van der Waals surface area contributed by atoms with E-state index in [2.05, 4.69) is 10.1 Å². The number of esters is 1. The van der Waals surface area contributed by atoms with Crippen molar-refractivity contribution in [1.82, 2.24) is 10.2 Å². The van der Waals surface area contributed by atoms with E-state index in [0.717, 1.165) is 5.56 Å². The Labute approximate surface area is 179 Å². The Morgan fingerprint density at radius 1 is 0.968 bits per heavy atom. The number of nitrogens with one attached hydrogen (secondary N) is 1. The van der Waals surface area contributed by atoms with E-state index in [1.807, 2.05) is 24.3 Å². The lowest BCUT2D eigenvalue weighted by atomic mass is 10.0. The van der Waals surface area contributed by atoms with Gasteiger partial charge in [-0.15, -0.1) is 0 Å². The van der Waals surface area contributed by atoms with Crippen molar-refractivity contribution in [2.75, 3.05) is 25.1 Å². The Morgan fingerprint density at radius 3 is 2.45 bits per heavy atom. The minimum Gasteiger partial charge on any atom is -0.469 e. The Kier molecular flexibility index (Phi) is 5.70. The molecule has 1 N–H and O–H groups in total. The molecule has 0 saturated heterocycles. The largest absolute Gasteiger partial charge is 0.469 e. The fourth-order valence-corrected chi connectivity index (χ4v) is 4.10. The minimum absolute atomic E-state index is 0.111. The average Bonchev–Trinajstić information content (AvgIpc) is 3.08. The van der Waals surface area contributed by atoms with Gasteiger partial charge in [-0.2, -0.15) is 0 Å². The summed E-state index contributed by atoms with van der Waals surface area (Å²) in [6.07, 6.45) is 0.223. The average molecular weight is 421 g/mol. The van der Waals surface area contributed by atoms with Crippen molar-refractivity contribution < 1.29 is 23.9 Å². The zero-order valence-electron chi connectivity index (χ0n) is 17.2. The predicted molar refractivity (Wildman–Crippen MR) is 112 cm³/mol. The third-order valence-electron chi connectivity index (χ3n) is 5.56. The second-order valence-corrected chi connectivity index (χ2v) is 7.43. The monoisotopic (exact) mass is 421 g/mol. The normalized spacial score (nSPS) is 16.5. The van der Waals surface area contributed by atoms with Crippen LogP contribution in [-0.4, -0.2) is 48.8 Å². The van der Waals surface area contributed by atoms with Crippen molar-refractivity contribution in [3.63, 3.8) is 0 Å². The van der Waals surface area contributed by atoms with Crippen molar-refractivity contribution in [2.45, 2.75) is 25.4 Å². The van der Waals surface area contributed by atoms with Crippen LogP contribution < -0.4 is 10.2 Å². The van der Waals surface area contributed by atoms with Crippen molar-refractivity contribution in [2.24, 2.45) is 0 Å². The van der Waals surface area contributed by atoms with Gasteiger partial charge in [0.05, 0.1) is 24.8 Å². The molecule has 0 fully saturated rings. The fraction of sp³-hybridized carbons (Fsp3) is 0.304. The molecule has 3 amide bonds. The number of carbonyl (C=O) groups is 4. The third-order valence-corrected chi connectivity index (χ3v) is 5.56. The zero-order chi connectivity index (χ0) is 22.0. The highest BCUT2D eigenvalue weighted by molar-refractivity contribution is 6.16. The maximum Gasteiger partial charge on any atom is 0.307 e. The molecule has 0 aromatic heterocycles. The van der Waals surface area contributed by atoms with Crippen molar-refractivity contribution in [1.29, 1.82) is 0 Å². The molecular formula is C23H23N3O5. The molecule has 2 aromatic carbocycles. The van der Waals surface area contributed by atoms with Crippen LogP contribution in [0.3, 0.4) is 0 Å². The van der Waals surface area contributed by atoms with Crippen molar-refractivity contribution in [3.8, 4) is 0 Å². The molecule has 4 rings (SSSR count). The first kappa shape index (κ1) is 20.6. The number of anilines is 1. The number of para-hydroxylation sites is 1. The van der Waals surface area contributed by atoms with Crippen LogP contribution in [0.5, 0.6) is 0 Å². The number of rotatable bonds is 7. The highest BCUT2D eigenvalue weighted by atomic mass is 16.5. The van der Waals surface area contributed by atoms with Gasteiger partial charge in [0.15, 0.2) is 0 Å². The SMILES string of the molecule is COC(=O)CCNC(=O)CCCN1C(=O)c2ccccc2N2C(=O)c3ccccc3[C@H]12. The molecule has 160 valence electrons. The molecule has 8 nitrogen and oxygen atoms in total. The summed E-state index contributed by atoms with van der Waals surface area (Å²) in [4.78, 5) is 52.9. The predicted octanol–water partition coefficient (Wildman–Crippen LogP) is 2.26. The standard InChI is InChI=1S/C23H23N3O5/c1-31-20(28)12-13-24-19(27)11-6-14-25-21-15-7-2-3-8-16(15)23(30)26(21)18-10-5-4-9-17(18)22(25)29/h2-5,7-10,21H,6,11-14H2,1H3,(H,24,27)/t21-/m1/s1. The van der Waals surface area contributed by atoms with E-state index in [4.69, 9.17) is 0 Å². The maximum absolute atomic E-state index is 13.3. The van der Waals surface area contributed by atoms with Gasteiger partial charge in [-0.25, -0.2) is 0 Å². The lowest BCUT2D eigenvalue weighted by Gasteiger charge is -2.41. The molecule has 8 heteroatoms. The van der Waals surface area contributed by atoms with Gasteiger partial charge in [-0.3, -0.25) is 24.1 Å². The molecule has 0 spiro atoms. The van der Waals surface area contributed by atoms with E-state index in [1.54, 1.807) is 34.1 Å². The van der Waals surface area contributed by atoms with Gasteiger partial charge in [-0.05, 0) is 24.6 Å². The number of carbonyl (C=O) groups excluding carboxylic acids is 4. The Balaban J connectivity index is 1.50. The Hall–Kier alpha value is -3.68. The minimum atomic E-state index is -0.520. The van der Waals surface area contributed by atoms with E-state index in [-0.39, 0.29) is 43.1 Å². The second kappa shape index (κ2) is 8.59. The molecule has 2 aromatic rings. The molecule has 0 bridgehead atoms. The van der Waals surface area contributed by atoms with Crippen LogP contribution in [0.25, 0.3) is 0 Å². The first-order valence-corrected chi connectivity index (χ1v) is 10.2. The Bertz CT molecular complexity index is 1050. The molecule has 2 aliphatic heterocycles. The first-order chi connectivity index (χ1) is 15.0. The highest BCUT2D eigenvalue weighted by Crippen LogP contribution is 2.45. The molecular weight excluding hydrogens is 398 g/mol. The summed E-state index contributed by atoms with van der Waals surface area (Å²) < 4.78 is 4.54. The maximum atomic E-state index is 13.3. The summed E-state index contributed by atoms with van der Waals surface area (Å²) in [5.74, 6) is -0.880. The molecule has 31 heavy (non-hydrogen) atoms. The van der Waals surface area contributed by atoms with Gasteiger partial charge >= 0.3 is 5.97 Å². The molecule has 0 aliphatic carbocycles. The molecule has 0 unspecified atom stereocenters. The van der Waals surface area contributed by atoms with Crippen LogP contribution >= 0.6 is 0 Å². The number of benzene rings is 2. The van der Waals surface area contributed by atoms with Crippen LogP contribution in [0.1, 0.15) is 51.7 Å². The summed E-state index contributed by atoms with van der Waals surface area (Å²) in [7, 11) is 1.30. The topological polar surface area (TPSA) is 96.0 Å². The number of nitrogens with zero attached hydrogens (tertiary/aromatic N) is 2. The molecule has 1 atom stereocenters. The van der Waals surface area contributed by atoms with Crippen LogP contribution in [-0.2, 0) is 14.3 Å². The number of fused-ring (bicyclic) bond motifs is 5. The number of methoxy groups -OCH3 is 1. The van der Waals surface area contributed by atoms with Gasteiger partial charge in [0.1, 0.15) is 6.17 Å². The van der Waals surface area contributed by atoms with Crippen LogP contribution in [0, 0.1) is 0 Å². The fourth-order valence-electron chi connectivity index (χ4n) is 4.10. The molecule has 0 saturated carbocycles. The van der Waals surface area contributed by atoms with E-state index < -0.39 is 6.17 Å². The van der Waals surface area contributed by atoms with Gasteiger partial charge in [0, 0.05) is 30.6 Å². The van der Waals surface area contributed by atoms with Crippen LogP contribution in [0.2, 0.25) is 0 Å². The molecule has 0 radical (unpaired) electrons. The van der Waals surface area contributed by atoms with Crippen LogP contribution in [0.4, 0.5) is 5.69 Å². The van der Waals surface area contributed by atoms with Gasteiger partial charge < -0.3 is 15.0 Å². The summed E-state index contributed by atoms with van der Waals surface area (Å²) >= 11 is 0. The molecule has 2 heterocycles. The van der Waals surface area contributed by atoms with Crippen LogP contribution in [0.15, 0.2) is 48.5 Å². The second-order valence-electron chi connectivity index (χ2n) is 7.43. The number of ether oxygens (including phenoxy) is 1.